The monoisotopic (exact) mass is 217 g/mol. The average Bonchev–Trinajstić information content (AvgIpc) is 2.69. The number of nitrogens with one attached hydrogen (secondary N) is 1. The number of hydrogen-bond donors (Lipinski definition) is 3. The van der Waals surface area contributed by atoms with E-state index in [0.29, 0.717) is 0 Å². The van der Waals surface area contributed by atoms with Gasteiger partial charge < -0.3 is 16.3 Å². The van der Waals surface area contributed by atoms with E-state index < -0.39 is 6.04 Å². The van der Waals surface area contributed by atoms with Crippen LogP contribution in [0.3, 0.4) is 0 Å². The van der Waals surface area contributed by atoms with Crippen LogP contribution in [0.2, 0.25) is 0 Å². The summed E-state index contributed by atoms with van der Waals surface area (Å²) in [4.78, 5) is 11.6. The topological polar surface area (TPSA) is 87.7 Å². The molecule has 0 bridgehead atoms. The van der Waals surface area contributed by atoms with Crippen molar-refractivity contribution >= 4 is 23.5 Å². The minimum atomic E-state index is -0.409. The van der Waals surface area contributed by atoms with Gasteiger partial charge in [0.15, 0.2) is 5.84 Å². The summed E-state index contributed by atoms with van der Waals surface area (Å²) in [6.45, 7) is 1.69. The third kappa shape index (κ3) is 2.80. The molecule has 0 aromatic heterocycles. The van der Waals surface area contributed by atoms with E-state index in [1.165, 1.54) is 0 Å². The van der Waals surface area contributed by atoms with Gasteiger partial charge >= 0.3 is 0 Å². The van der Waals surface area contributed by atoms with Gasteiger partial charge in [-0.05, 0) is 25.5 Å². The summed E-state index contributed by atoms with van der Waals surface area (Å²) >= 11 is 1.66. The molecule has 0 aliphatic carbocycles. The minimum absolute atomic E-state index is 0.0217. The molecule has 2 unspecified atom stereocenters. The zero-order valence-corrected chi connectivity index (χ0v) is 8.88. The molecular formula is C8H15N3O2S. The molecule has 0 aromatic carbocycles. The first-order valence-electron chi connectivity index (χ1n) is 4.54. The van der Waals surface area contributed by atoms with Crippen molar-refractivity contribution in [1.82, 2.24) is 5.32 Å². The summed E-state index contributed by atoms with van der Waals surface area (Å²) in [7, 11) is 0. The predicted molar refractivity (Wildman–Crippen MR) is 56.5 cm³/mol. The average molecular weight is 217 g/mol. The molecule has 0 radical (unpaired) electrons. The minimum Gasteiger partial charge on any atom is -0.409 e. The van der Waals surface area contributed by atoms with Gasteiger partial charge in [0.1, 0.15) is 0 Å². The molecule has 1 amide bonds. The summed E-state index contributed by atoms with van der Waals surface area (Å²) in [5, 5.41) is 14.0. The molecule has 14 heavy (non-hydrogen) atoms. The lowest BCUT2D eigenvalue weighted by molar-refractivity contribution is -0.120. The lowest BCUT2D eigenvalue weighted by atomic mass is 10.2. The van der Waals surface area contributed by atoms with Gasteiger partial charge in [0.05, 0.1) is 11.3 Å². The van der Waals surface area contributed by atoms with Crippen molar-refractivity contribution in [3.8, 4) is 0 Å². The van der Waals surface area contributed by atoms with Crippen molar-refractivity contribution < 1.29 is 10.0 Å². The Balaban J connectivity index is 2.39. The van der Waals surface area contributed by atoms with Gasteiger partial charge in [-0.3, -0.25) is 4.79 Å². The van der Waals surface area contributed by atoms with Crippen LogP contribution in [0, 0.1) is 0 Å². The van der Waals surface area contributed by atoms with Crippen LogP contribution in [-0.2, 0) is 4.79 Å². The third-order valence-electron chi connectivity index (χ3n) is 2.14. The maximum Gasteiger partial charge on any atom is 0.233 e. The van der Waals surface area contributed by atoms with Crippen LogP contribution in [0.1, 0.15) is 19.8 Å². The number of amidine groups is 1. The molecule has 0 saturated carbocycles. The number of oxime groups is 1. The lowest BCUT2D eigenvalue weighted by Crippen LogP contribution is -2.45. The van der Waals surface area contributed by atoms with E-state index in [1.807, 2.05) is 0 Å². The van der Waals surface area contributed by atoms with Crippen molar-refractivity contribution in [2.45, 2.75) is 31.1 Å². The number of hydrogen-bond acceptors (Lipinski definition) is 4. The summed E-state index contributed by atoms with van der Waals surface area (Å²) in [5.74, 6) is 1.05. The van der Waals surface area contributed by atoms with Crippen molar-refractivity contribution in [2.24, 2.45) is 10.9 Å². The zero-order chi connectivity index (χ0) is 10.6. The van der Waals surface area contributed by atoms with Crippen LogP contribution in [-0.4, -0.2) is 34.0 Å². The number of nitrogens with zero attached hydrogens (tertiary/aromatic N) is 1. The number of carbonyl (C=O) groups is 1. The van der Waals surface area contributed by atoms with Gasteiger partial charge in [-0.2, -0.15) is 0 Å². The molecular weight excluding hydrogens is 202 g/mol. The van der Waals surface area contributed by atoms with Gasteiger partial charge in [-0.15, -0.1) is 11.8 Å². The Morgan fingerprint density at radius 3 is 3.00 bits per heavy atom. The van der Waals surface area contributed by atoms with Crippen molar-refractivity contribution in [3.05, 3.63) is 0 Å². The fourth-order valence-electron chi connectivity index (χ4n) is 1.25. The van der Waals surface area contributed by atoms with Gasteiger partial charge in [0, 0.05) is 0 Å². The summed E-state index contributed by atoms with van der Waals surface area (Å²) in [6.07, 6.45) is 2.00. The number of thioether (sulfide) groups is 1. The summed E-state index contributed by atoms with van der Waals surface area (Å²) in [6, 6.07) is -0.409. The number of carbonyl (C=O) groups excluding carboxylic acids is 1. The fraction of sp³-hybridized carbons (Fsp3) is 0.750. The van der Waals surface area contributed by atoms with E-state index in [9.17, 15) is 4.79 Å². The SMILES string of the molecule is CC(NC(=O)C1CCCS1)C(N)=NO. The maximum atomic E-state index is 11.6. The Kier molecular flexibility index (Phi) is 4.06. The Labute approximate surface area is 87.1 Å². The molecule has 1 aliphatic rings. The molecule has 1 aliphatic heterocycles. The van der Waals surface area contributed by atoms with E-state index in [4.69, 9.17) is 10.9 Å². The van der Waals surface area contributed by atoms with Crippen molar-refractivity contribution in [1.29, 1.82) is 0 Å². The highest BCUT2D eigenvalue weighted by atomic mass is 32.2. The molecule has 1 fully saturated rings. The van der Waals surface area contributed by atoms with E-state index >= 15 is 0 Å². The molecule has 1 rings (SSSR count). The molecule has 0 aromatic rings. The largest absolute Gasteiger partial charge is 0.409 e. The van der Waals surface area contributed by atoms with Gasteiger partial charge in [0.25, 0.3) is 0 Å². The van der Waals surface area contributed by atoms with E-state index in [0.717, 1.165) is 18.6 Å². The first-order chi connectivity index (χ1) is 6.65. The highest BCUT2D eigenvalue weighted by Crippen LogP contribution is 2.26. The Morgan fingerprint density at radius 2 is 2.50 bits per heavy atom. The Bertz CT molecular complexity index is 239. The third-order valence-corrected chi connectivity index (χ3v) is 3.52. The van der Waals surface area contributed by atoms with Gasteiger partial charge in [0.2, 0.25) is 5.91 Å². The standard InChI is InChI=1S/C8H15N3O2S/c1-5(7(9)11-13)10-8(12)6-3-2-4-14-6/h5-6,13H,2-4H2,1H3,(H2,9,11)(H,10,12). The molecule has 1 saturated heterocycles. The summed E-state index contributed by atoms with van der Waals surface area (Å²) < 4.78 is 0. The van der Waals surface area contributed by atoms with Crippen LogP contribution in [0.25, 0.3) is 0 Å². The van der Waals surface area contributed by atoms with E-state index in [1.54, 1.807) is 18.7 Å². The molecule has 80 valence electrons. The number of amides is 1. The second-order valence-corrected chi connectivity index (χ2v) is 4.57. The fourth-order valence-corrected chi connectivity index (χ4v) is 2.42. The second kappa shape index (κ2) is 5.09. The molecule has 5 nitrogen and oxygen atoms in total. The number of nitrogens with two attached hydrogens (primary N) is 1. The van der Waals surface area contributed by atoms with Crippen molar-refractivity contribution in [2.75, 3.05) is 5.75 Å². The molecule has 0 spiro atoms. The normalized spacial score (nSPS) is 24.6. The Hall–Kier alpha value is -0.910. The van der Waals surface area contributed by atoms with Crippen LogP contribution in [0.4, 0.5) is 0 Å². The van der Waals surface area contributed by atoms with Crippen LogP contribution in [0.5, 0.6) is 0 Å². The molecule has 6 heteroatoms. The zero-order valence-electron chi connectivity index (χ0n) is 8.06. The second-order valence-electron chi connectivity index (χ2n) is 3.26. The molecule has 1 heterocycles. The van der Waals surface area contributed by atoms with Crippen LogP contribution in [0.15, 0.2) is 5.16 Å². The van der Waals surface area contributed by atoms with Crippen LogP contribution >= 0.6 is 11.8 Å². The Morgan fingerprint density at radius 1 is 1.79 bits per heavy atom. The smallest absolute Gasteiger partial charge is 0.233 e. The van der Waals surface area contributed by atoms with E-state index in [-0.39, 0.29) is 17.0 Å². The van der Waals surface area contributed by atoms with E-state index in [2.05, 4.69) is 10.5 Å². The van der Waals surface area contributed by atoms with Crippen molar-refractivity contribution in [3.63, 3.8) is 0 Å². The maximum absolute atomic E-state index is 11.6. The lowest BCUT2D eigenvalue weighted by Gasteiger charge is -2.14. The molecule has 2 atom stereocenters. The highest BCUT2D eigenvalue weighted by molar-refractivity contribution is 8.00. The first kappa shape index (κ1) is 11.2. The van der Waals surface area contributed by atoms with Gasteiger partial charge in [-0.25, -0.2) is 0 Å². The van der Waals surface area contributed by atoms with Crippen LogP contribution < -0.4 is 11.1 Å². The van der Waals surface area contributed by atoms with Gasteiger partial charge in [-0.1, -0.05) is 5.16 Å². The highest BCUT2D eigenvalue weighted by Gasteiger charge is 2.24. The quantitative estimate of drug-likeness (QED) is 0.271. The summed E-state index contributed by atoms with van der Waals surface area (Å²) in [5.41, 5.74) is 5.34. The molecule has 4 N–H and O–H groups in total. The number of rotatable bonds is 3. The predicted octanol–water partition coefficient (Wildman–Crippen LogP) is 0.133. The first-order valence-corrected chi connectivity index (χ1v) is 5.59.